The van der Waals surface area contributed by atoms with Gasteiger partial charge < -0.3 is 8.98 Å². The number of fused-ring (bicyclic) bond motifs is 4. The first-order valence-corrected chi connectivity index (χ1v) is 7.72. The van der Waals surface area contributed by atoms with Gasteiger partial charge in [-0.3, -0.25) is 9.69 Å². The van der Waals surface area contributed by atoms with Crippen molar-refractivity contribution < 1.29 is 17.6 Å². The normalized spacial score (nSPS) is 24.0. The van der Waals surface area contributed by atoms with Crippen LogP contribution in [0.3, 0.4) is 0 Å². The molecular formula is C15H15F3N4O2. The Bertz CT molecular complexity index is 814. The third-order valence-electron chi connectivity index (χ3n) is 4.62. The highest BCUT2D eigenvalue weighted by atomic mass is 19.4. The molecule has 24 heavy (non-hydrogen) atoms. The molecule has 0 spiro atoms. The Kier molecular flexibility index (Phi) is 3.48. The second kappa shape index (κ2) is 5.44. The van der Waals surface area contributed by atoms with Crippen molar-refractivity contribution in [2.75, 3.05) is 13.1 Å². The zero-order valence-electron chi connectivity index (χ0n) is 12.7. The van der Waals surface area contributed by atoms with Gasteiger partial charge in [-0.25, -0.2) is 0 Å². The quantitative estimate of drug-likeness (QED) is 0.835. The molecule has 0 radical (unpaired) electrons. The van der Waals surface area contributed by atoms with Crippen LogP contribution in [0.4, 0.5) is 13.2 Å². The fraction of sp³-hybridized carbons (Fsp3) is 0.533. The first-order valence-electron chi connectivity index (χ1n) is 7.72. The van der Waals surface area contributed by atoms with Crippen molar-refractivity contribution in [3.63, 3.8) is 0 Å². The van der Waals surface area contributed by atoms with E-state index in [1.807, 2.05) is 15.5 Å². The monoisotopic (exact) mass is 340 g/mol. The summed E-state index contributed by atoms with van der Waals surface area (Å²) in [4.78, 5) is 14.0. The van der Waals surface area contributed by atoms with Crippen molar-refractivity contribution >= 4 is 0 Å². The Hall–Kier alpha value is -2.16. The van der Waals surface area contributed by atoms with E-state index in [0.717, 1.165) is 12.1 Å². The van der Waals surface area contributed by atoms with E-state index in [9.17, 15) is 18.0 Å². The molecule has 2 aromatic rings. The van der Waals surface area contributed by atoms with Gasteiger partial charge >= 0.3 is 12.1 Å². The summed E-state index contributed by atoms with van der Waals surface area (Å²) in [6.45, 7) is 2.18. The summed E-state index contributed by atoms with van der Waals surface area (Å²) in [5.41, 5.74) is 0.993. The highest BCUT2D eigenvalue weighted by Crippen LogP contribution is 2.35. The van der Waals surface area contributed by atoms with E-state index >= 15 is 0 Å². The topological polar surface area (TPSA) is 64.2 Å². The molecule has 6 nitrogen and oxygen atoms in total. The minimum Gasteiger partial charge on any atom is -0.416 e. The molecule has 128 valence electrons. The SMILES string of the molecule is O=c1cccc2n1CC1CC2CN(Cc2nnc(C(F)(F)F)o2)C1. The van der Waals surface area contributed by atoms with E-state index in [4.69, 9.17) is 4.42 Å². The highest BCUT2D eigenvalue weighted by Gasteiger charge is 2.39. The first-order chi connectivity index (χ1) is 11.4. The van der Waals surface area contributed by atoms with Crippen LogP contribution in [0.15, 0.2) is 27.4 Å². The molecule has 1 fully saturated rings. The lowest BCUT2D eigenvalue weighted by atomic mass is 9.83. The Morgan fingerprint density at radius 3 is 2.79 bits per heavy atom. The van der Waals surface area contributed by atoms with Gasteiger partial charge in [-0.15, -0.1) is 10.2 Å². The maximum atomic E-state index is 12.5. The molecule has 0 amide bonds. The molecule has 4 rings (SSSR count). The summed E-state index contributed by atoms with van der Waals surface area (Å²) in [6, 6.07) is 5.25. The summed E-state index contributed by atoms with van der Waals surface area (Å²) in [5.74, 6) is -0.864. The van der Waals surface area contributed by atoms with E-state index in [1.54, 1.807) is 12.1 Å². The molecule has 2 aliphatic rings. The van der Waals surface area contributed by atoms with E-state index in [1.165, 1.54) is 0 Å². The van der Waals surface area contributed by atoms with Gasteiger partial charge in [0.15, 0.2) is 0 Å². The number of halogens is 3. The fourth-order valence-corrected chi connectivity index (χ4v) is 3.75. The Morgan fingerprint density at radius 1 is 1.21 bits per heavy atom. The molecule has 9 heteroatoms. The maximum Gasteiger partial charge on any atom is 0.470 e. The van der Waals surface area contributed by atoms with Crippen molar-refractivity contribution in [1.82, 2.24) is 19.7 Å². The summed E-state index contributed by atoms with van der Waals surface area (Å²) in [7, 11) is 0. The standard InChI is InChI=1S/C15H15F3N4O2/c16-15(17,18)14-20-19-12(24-14)8-21-5-9-4-10(7-21)11-2-1-3-13(23)22(11)6-9/h1-3,9-10H,4-8H2. The zero-order valence-corrected chi connectivity index (χ0v) is 12.7. The van der Waals surface area contributed by atoms with Gasteiger partial charge in [-0.1, -0.05) is 6.07 Å². The van der Waals surface area contributed by atoms with Gasteiger partial charge in [-0.2, -0.15) is 13.2 Å². The average Bonchev–Trinajstić information content (AvgIpc) is 2.97. The van der Waals surface area contributed by atoms with Crippen LogP contribution < -0.4 is 5.56 Å². The lowest BCUT2D eigenvalue weighted by Crippen LogP contribution is -2.46. The number of aromatic nitrogens is 3. The van der Waals surface area contributed by atoms with Gasteiger partial charge in [0.25, 0.3) is 5.56 Å². The fourth-order valence-electron chi connectivity index (χ4n) is 3.75. The van der Waals surface area contributed by atoms with Crippen LogP contribution in [-0.4, -0.2) is 32.8 Å². The number of piperidine rings is 1. The van der Waals surface area contributed by atoms with Crippen molar-refractivity contribution in [2.45, 2.75) is 31.6 Å². The summed E-state index contributed by atoms with van der Waals surface area (Å²) >= 11 is 0. The molecule has 1 saturated heterocycles. The molecule has 2 atom stereocenters. The predicted molar refractivity (Wildman–Crippen MR) is 76.1 cm³/mol. The first kappa shape index (κ1) is 15.4. The van der Waals surface area contributed by atoms with Gasteiger partial charge in [0, 0.05) is 37.3 Å². The molecule has 2 bridgehead atoms. The largest absolute Gasteiger partial charge is 0.470 e. The summed E-state index contributed by atoms with van der Waals surface area (Å²) in [6.07, 6.45) is -3.64. The average molecular weight is 340 g/mol. The molecule has 0 N–H and O–H groups in total. The third kappa shape index (κ3) is 2.72. The van der Waals surface area contributed by atoms with Gasteiger partial charge in [0.1, 0.15) is 0 Å². The molecule has 2 aliphatic heterocycles. The number of likely N-dealkylation sites (tertiary alicyclic amines) is 1. The van der Waals surface area contributed by atoms with Crippen molar-refractivity contribution in [2.24, 2.45) is 5.92 Å². The van der Waals surface area contributed by atoms with Crippen molar-refractivity contribution in [3.05, 3.63) is 46.0 Å². The van der Waals surface area contributed by atoms with Gasteiger partial charge in [-0.05, 0) is 18.4 Å². The smallest absolute Gasteiger partial charge is 0.416 e. The van der Waals surface area contributed by atoms with Crippen molar-refractivity contribution in [3.8, 4) is 0 Å². The predicted octanol–water partition coefficient (Wildman–Crippen LogP) is 1.87. The maximum absolute atomic E-state index is 12.5. The minimum absolute atomic E-state index is 0.00219. The lowest BCUT2D eigenvalue weighted by molar-refractivity contribution is -0.157. The van der Waals surface area contributed by atoms with E-state index in [2.05, 4.69) is 10.2 Å². The molecule has 0 saturated carbocycles. The van der Waals surface area contributed by atoms with Crippen LogP contribution >= 0.6 is 0 Å². The number of pyridine rings is 1. The molecular weight excluding hydrogens is 325 g/mol. The second-order valence-corrected chi connectivity index (χ2v) is 6.39. The molecule has 4 heterocycles. The van der Waals surface area contributed by atoms with Crippen molar-refractivity contribution in [1.29, 1.82) is 0 Å². The molecule has 0 aromatic carbocycles. The van der Waals surface area contributed by atoms with Crippen LogP contribution in [0.1, 0.15) is 29.8 Å². The third-order valence-corrected chi connectivity index (χ3v) is 4.62. The molecule has 0 aliphatic carbocycles. The number of hydrogen-bond donors (Lipinski definition) is 0. The summed E-state index contributed by atoms with van der Waals surface area (Å²) < 4.78 is 44.1. The van der Waals surface area contributed by atoms with Crippen LogP contribution in [0, 0.1) is 5.92 Å². The van der Waals surface area contributed by atoms with Gasteiger partial charge in [0.2, 0.25) is 5.89 Å². The van der Waals surface area contributed by atoms with Crippen LogP contribution in [-0.2, 0) is 19.3 Å². The minimum atomic E-state index is -4.62. The Morgan fingerprint density at radius 2 is 2.04 bits per heavy atom. The zero-order chi connectivity index (χ0) is 16.9. The van der Waals surface area contributed by atoms with Crippen LogP contribution in [0.5, 0.6) is 0 Å². The number of hydrogen-bond acceptors (Lipinski definition) is 5. The molecule has 2 aromatic heterocycles. The summed E-state index contributed by atoms with van der Waals surface area (Å²) in [5, 5.41) is 6.55. The van der Waals surface area contributed by atoms with Crippen LogP contribution in [0.25, 0.3) is 0 Å². The highest BCUT2D eigenvalue weighted by molar-refractivity contribution is 5.17. The second-order valence-electron chi connectivity index (χ2n) is 6.39. The Balaban J connectivity index is 1.52. The van der Waals surface area contributed by atoms with E-state index in [-0.39, 0.29) is 23.9 Å². The van der Waals surface area contributed by atoms with Crippen LogP contribution in [0.2, 0.25) is 0 Å². The number of rotatable bonds is 2. The molecule has 2 unspecified atom stereocenters. The van der Waals surface area contributed by atoms with Gasteiger partial charge in [0.05, 0.1) is 6.54 Å². The Labute approximate surface area is 134 Å². The lowest BCUT2D eigenvalue weighted by Gasteiger charge is -2.42. The number of nitrogens with zero attached hydrogens (tertiary/aromatic N) is 4. The van der Waals surface area contributed by atoms with E-state index in [0.29, 0.717) is 25.6 Å². The number of alkyl halides is 3. The van der Waals surface area contributed by atoms with E-state index < -0.39 is 12.1 Å².